The summed E-state index contributed by atoms with van der Waals surface area (Å²) in [4.78, 5) is 12.6. The van der Waals surface area contributed by atoms with Gasteiger partial charge in [0, 0.05) is 18.9 Å². The molecule has 0 bridgehead atoms. The second kappa shape index (κ2) is 7.70. The molecule has 1 amide bonds. The second-order valence-corrected chi connectivity index (χ2v) is 8.66. The molecule has 1 aliphatic carbocycles. The van der Waals surface area contributed by atoms with Crippen LogP contribution in [-0.2, 0) is 17.3 Å². The Morgan fingerprint density at radius 1 is 1.32 bits per heavy atom. The van der Waals surface area contributed by atoms with Crippen LogP contribution in [0, 0.1) is 17.1 Å². The largest absolute Gasteiger partial charge is 0.407 e. The van der Waals surface area contributed by atoms with Gasteiger partial charge in [-0.25, -0.2) is 4.39 Å². The molecule has 3 N–H and O–H groups in total. The molecule has 1 heterocycles. The van der Waals surface area contributed by atoms with Crippen LogP contribution in [0.15, 0.2) is 24.4 Å². The van der Waals surface area contributed by atoms with Crippen molar-refractivity contribution in [3.63, 3.8) is 0 Å². The van der Waals surface area contributed by atoms with Gasteiger partial charge in [-0.15, -0.1) is 0 Å². The monoisotopic (exact) mass is 479 g/mol. The molecular weight excluding hydrogens is 466 g/mol. The zero-order valence-corrected chi connectivity index (χ0v) is 17.2. The van der Waals surface area contributed by atoms with Gasteiger partial charge in [0.15, 0.2) is 0 Å². The summed E-state index contributed by atoms with van der Waals surface area (Å²) in [5.41, 5.74) is -3.31. The fourth-order valence-electron chi connectivity index (χ4n) is 2.80. The minimum absolute atomic E-state index is 0.0740. The quantitative estimate of drug-likeness (QED) is 0.551. The van der Waals surface area contributed by atoms with E-state index in [9.17, 15) is 30.8 Å². The van der Waals surface area contributed by atoms with E-state index >= 15 is 0 Å². The third-order valence-electron chi connectivity index (χ3n) is 4.55. The lowest BCUT2D eigenvalue weighted by Crippen LogP contribution is -2.49. The third kappa shape index (κ3) is 4.60. The molecule has 0 aliphatic heterocycles. The maximum absolute atomic E-state index is 13.4. The van der Waals surface area contributed by atoms with E-state index in [4.69, 9.17) is 16.9 Å². The van der Waals surface area contributed by atoms with Gasteiger partial charge in [-0.3, -0.25) is 9.52 Å². The first-order chi connectivity index (χ1) is 14.3. The molecule has 14 heteroatoms. The normalized spacial score (nSPS) is 15.3. The maximum atomic E-state index is 13.4. The van der Waals surface area contributed by atoms with Gasteiger partial charge >= 0.3 is 6.18 Å². The Bertz CT molecular complexity index is 1200. The fourth-order valence-corrected chi connectivity index (χ4v) is 4.50. The minimum atomic E-state index is -4.76. The maximum Gasteiger partial charge on any atom is 0.407 e. The first-order valence-corrected chi connectivity index (χ1v) is 10.4. The number of halogens is 5. The zero-order chi connectivity index (χ0) is 23.2. The number of benzene rings is 1. The molecular formula is C17H14ClF4N5O3S. The van der Waals surface area contributed by atoms with E-state index in [0.29, 0.717) is 0 Å². The van der Waals surface area contributed by atoms with Gasteiger partial charge in [-0.05, 0) is 31.0 Å². The van der Waals surface area contributed by atoms with Crippen LogP contribution >= 0.6 is 11.6 Å². The number of hydrogen-bond donors (Lipinski definition) is 3. The lowest BCUT2D eigenvalue weighted by Gasteiger charge is -2.20. The number of carbonyl (C=O) groups is 1. The Balaban J connectivity index is 1.81. The standard InChI is InChI=1S/C17H14ClF4N5O3S/c1-27-8-12(25-31(29,30)26-16(4-5-16)17(20,21)22)13(18)14(27)15(28)24-10-2-3-11(19)9(6-10)7-23/h2-3,6,8,25-26H,4-5H2,1H3,(H,24,28). The van der Waals surface area contributed by atoms with Crippen molar-refractivity contribution in [1.29, 1.82) is 5.26 Å². The van der Waals surface area contributed by atoms with Crippen LogP contribution in [0.1, 0.15) is 28.9 Å². The number of hydrogen-bond acceptors (Lipinski definition) is 4. The van der Waals surface area contributed by atoms with Gasteiger partial charge in [-0.1, -0.05) is 11.6 Å². The number of rotatable bonds is 6. The molecule has 0 spiro atoms. The Morgan fingerprint density at radius 2 is 1.97 bits per heavy atom. The fraction of sp³-hybridized carbons (Fsp3) is 0.294. The smallest absolute Gasteiger partial charge is 0.343 e. The molecule has 1 saturated carbocycles. The molecule has 0 radical (unpaired) electrons. The van der Waals surface area contributed by atoms with Gasteiger partial charge < -0.3 is 9.88 Å². The van der Waals surface area contributed by atoms with Crippen LogP contribution in [0.4, 0.5) is 28.9 Å². The van der Waals surface area contributed by atoms with E-state index in [1.165, 1.54) is 13.1 Å². The summed E-state index contributed by atoms with van der Waals surface area (Å²) >= 11 is 6.09. The highest BCUT2D eigenvalue weighted by molar-refractivity contribution is 7.90. The van der Waals surface area contributed by atoms with Crippen molar-refractivity contribution in [2.75, 3.05) is 10.0 Å². The second-order valence-electron chi connectivity index (χ2n) is 6.86. The third-order valence-corrected chi connectivity index (χ3v) is 6.08. The van der Waals surface area contributed by atoms with Gasteiger partial charge in [0.1, 0.15) is 23.1 Å². The molecule has 8 nitrogen and oxygen atoms in total. The number of aromatic nitrogens is 1. The SMILES string of the molecule is Cn1cc(NS(=O)(=O)NC2(C(F)(F)F)CC2)c(Cl)c1C(=O)Nc1ccc(F)c(C#N)c1. The highest BCUT2D eigenvalue weighted by Gasteiger charge is 2.65. The highest BCUT2D eigenvalue weighted by Crippen LogP contribution is 2.49. The van der Waals surface area contributed by atoms with Gasteiger partial charge in [0.05, 0.1) is 16.3 Å². The average molecular weight is 480 g/mol. The van der Waals surface area contributed by atoms with Crippen molar-refractivity contribution in [1.82, 2.24) is 9.29 Å². The summed E-state index contributed by atoms with van der Waals surface area (Å²) in [6, 6.07) is 4.87. The molecule has 1 aromatic heterocycles. The number of nitrogens with zero attached hydrogens (tertiary/aromatic N) is 2. The molecule has 3 rings (SSSR count). The van der Waals surface area contributed by atoms with E-state index in [0.717, 1.165) is 22.9 Å². The van der Waals surface area contributed by atoms with Crippen molar-refractivity contribution in [3.8, 4) is 6.07 Å². The van der Waals surface area contributed by atoms with Crippen LogP contribution < -0.4 is 14.8 Å². The van der Waals surface area contributed by atoms with Gasteiger partial charge in [0.2, 0.25) is 0 Å². The average Bonchev–Trinajstić information content (AvgIpc) is 3.37. The van der Waals surface area contributed by atoms with Gasteiger partial charge in [0.25, 0.3) is 16.1 Å². The summed E-state index contributed by atoms with van der Waals surface area (Å²) in [6.07, 6.45) is -4.44. The number of carbonyl (C=O) groups excluding carboxylic acids is 1. The van der Waals surface area contributed by atoms with E-state index in [1.807, 2.05) is 4.72 Å². The van der Waals surface area contributed by atoms with E-state index in [-0.39, 0.29) is 27.7 Å². The summed E-state index contributed by atoms with van der Waals surface area (Å²) in [7, 11) is -3.31. The molecule has 0 saturated heterocycles. The molecule has 0 unspecified atom stereocenters. The molecule has 1 aromatic carbocycles. The summed E-state index contributed by atoms with van der Waals surface area (Å²) in [5, 5.41) is 10.9. The van der Waals surface area contributed by atoms with Crippen LogP contribution in [0.25, 0.3) is 0 Å². The predicted molar refractivity (Wildman–Crippen MR) is 103 cm³/mol. The number of nitriles is 1. The number of aryl methyl sites for hydroxylation is 1. The number of alkyl halides is 3. The Morgan fingerprint density at radius 3 is 2.52 bits per heavy atom. The minimum Gasteiger partial charge on any atom is -0.343 e. The molecule has 2 aromatic rings. The van der Waals surface area contributed by atoms with Crippen molar-refractivity contribution >= 4 is 39.1 Å². The van der Waals surface area contributed by atoms with Crippen LogP contribution in [0.3, 0.4) is 0 Å². The summed E-state index contributed by atoms with van der Waals surface area (Å²) in [6.45, 7) is 0. The topological polar surface area (TPSA) is 116 Å². The Hall–Kier alpha value is -2.82. The van der Waals surface area contributed by atoms with Crippen molar-refractivity contribution in [2.45, 2.75) is 24.6 Å². The molecule has 31 heavy (non-hydrogen) atoms. The van der Waals surface area contributed by atoms with E-state index in [1.54, 1.807) is 10.8 Å². The zero-order valence-electron chi connectivity index (χ0n) is 15.6. The number of nitrogens with one attached hydrogen (secondary N) is 3. The highest BCUT2D eigenvalue weighted by atomic mass is 35.5. The van der Waals surface area contributed by atoms with Crippen molar-refractivity contribution in [2.24, 2.45) is 7.05 Å². The Kier molecular flexibility index (Phi) is 5.68. The van der Waals surface area contributed by atoms with Crippen LogP contribution in [0.5, 0.6) is 0 Å². The van der Waals surface area contributed by atoms with Gasteiger partial charge in [-0.2, -0.15) is 31.6 Å². The van der Waals surface area contributed by atoms with Crippen molar-refractivity contribution in [3.05, 3.63) is 46.5 Å². The lowest BCUT2D eigenvalue weighted by atomic mass is 10.2. The summed E-state index contributed by atoms with van der Waals surface area (Å²) in [5.74, 6) is -1.61. The number of amides is 1. The molecule has 0 atom stereocenters. The lowest BCUT2D eigenvalue weighted by molar-refractivity contribution is -0.160. The van der Waals surface area contributed by atoms with Crippen LogP contribution in [0.2, 0.25) is 5.02 Å². The Labute approximate surface area is 179 Å². The molecule has 1 aliphatic rings. The molecule has 1 fully saturated rings. The first-order valence-electron chi connectivity index (χ1n) is 8.53. The predicted octanol–water partition coefficient (Wildman–Crippen LogP) is 3.28. The molecule has 166 valence electrons. The van der Waals surface area contributed by atoms with Crippen molar-refractivity contribution < 1.29 is 30.8 Å². The summed E-state index contributed by atoms with van der Waals surface area (Å²) < 4.78 is 81.5. The van der Waals surface area contributed by atoms with E-state index in [2.05, 4.69) is 5.32 Å². The first kappa shape index (κ1) is 22.9. The van der Waals surface area contributed by atoms with E-state index < -0.39 is 46.5 Å². The number of anilines is 2. The van der Waals surface area contributed by atoms with Crippen LogP contribution in [-0.4, -0.2) is 30.6 Å².